The van der Waals surface area contributed by atoms with Gasteiger partial charge in [0, 0.05) is 12.0 Å². The van der Waals surface area contributed by atoms with E-state index in [1.807, 2.05) is 30.3 Å². The Morgan fingerprint density at radius 3 is 1.96 bits per heavy atom. The molecular weight excluding hydrogens is 306 g/mol. The van der Waals surface area contributed by atoms with E-state index in [2.05, 4.69) is 23.9 Å². The summed E-state index contributed by atoms with van der Waals surface area (Å²) in [4.78, 5) is 4.91. The summed E-state index contributed by atoms with van der Waals surface area (Å²) in [5.74, 6) is 6.39. The molecule has 0 bridgehead atoms. The van der Waals surface area contributed by atoms with E-state index in [9.17, 15) is 0 Å². The number of hydrogen-bond acceptors (Lipinski definition) is 2. The van der Waals surface area contributed by atoms with Crippen molar-refractivity contribution < 1.29 is 4.84 Å². The third-order valence-electron chi connectivity index (χ3n) is 4.34. The maximum atomic E-state index is 4.91. The highest BCUT2D eigenvalue weighted by atomic mass is 16.6. The SMILES string of the molecule is CCCCCCCCCCCCCC#C/C(=N\OC)c1ccccc1. The highest BCUT2D eigenvalue weighted by Crippen LogP contribution is 2.11. The van der Waals surface area contributed by atoms with Crippen LogP contribution in [0.3, 0.4) is 0 Å². The van der Waals surface area contributed by atoms with Crippen molar-refractivity contribution in [2.24, 2.45) is 5.16 Å². The Labute approximate surface area is 155 Å². The molecule has 0 aliphatic rings. The largest absolute Gasteiger partial charge is 0.398 e. The minimum Gasteiger partial charge on any atom is -0.398 e. The Kier molecular flexibility index (Phi) is 13.4. The fourth-order valence-corrected chi connectivity index (χ4v) is 2.86. The Balaban J connectivity index is 2.07. The smallest absolute Gasteiger partial charge is 0.159 e. The second kappa shape index (κ2) is 15.8. The molecule has 0 unspecified atom stereocenters. The molecule has 2 heteroatoms. The summed E-state index contributed by atoms with van der Waals surface area (Å²) < 4.78 is 0. The van der Waals surface area contributed by atoms with Crippen molar-refractivity contribution in [3.63, 3.8) is 0 Å². The zero-order valence-corrected chi connectivity index (χ0v) is 16.2. The number of rotatable bonds is 13. The number of benzene rings is 1. The Bertz CT molecular complexity index is 510. The average Bonchev–Trinajstić information content (AvgIpc) is 2.65. The summed E-state index contributed by atoms with van der Waals surface area (Å²) in [5, 5.41) is 4.03. The number of unbranched alkanes of at least 4 members (excludes halogenated alkanes) is 11. The first-order valence-corrected chi connectivity index (χ1v) is 10.0. The van der Waals surface area contributed by atoms with Gasteiger partial charge in [-0.15, -0.1) is 0 Å². The van der Waals surface area contributed by atoms with E-state index >= 15 is 0 Å². The zero-order chi connectivity index (χ0) is 18.0. The average molecular weight is 342 g/mol. The molecule has 0 N–H and O–H groups in total. The third kappa shape index (κ3) is 11.4. The molecule has 0 fully saturated rings. The molecule has 0 radical (unpaired) electrons. The van der Waals surface area contributed by atoms with Crippen LogP contribution in [0.4, 0.5) is 0 Å². The van der Waals surface area contributed by atoms with E-state index in [1.54, 1.807) is 7.11 Å². The normalized spacial score (nSPS) is 11.0. The van der Waals surface area contributed by atoms with Crippen LogP contribution < -0.4 is 0 Å². The number of hydrogen-bond donors (Lipinski definition) is 0. The monoisotopic (exact) mass is 341 g/mol. The van der Waals surface area contributed by atoms with Gasteiger partial charge in [0.2, 0.25) is 0 Å². The quantitative estimate of drug-likeness (QED) is 0.168. The highest BCUT2D eigenvalue weighted by Gasteiger charge is 1.99. The van der Waals surface area contributed by atoms with Gasteiger partial charge in [0.15, 0.2) is 5.71 Å². The zero-order valence-electron chi connectivity index (χ0n) is 16.2. The fourth-order valence-electron chi connectivity index (χ4n) is 2.86. The van der Waals surface area contributed by atoms with E-state index in [0.29, 0.717) is 5.71 Å². The first kappa shape index (κ1) is 21.3. The van der Waals surface area contributed by atoms with Crippen molar-refractivity contribution in [2.45, 2.75) is 84.0 Å². The molecule has 0 spiro atoms. The standard InChI is InChI=1S/C23H35NO/c1-3-4-5-6-7-8-9-10-11-12-13-14-18-21-23(24-25-2)22-19-16-15-17-20-22/h15-17,19-20H,3-14H2,1-2H3/b24-23+. The van der Waals surface area contributed by atoms with E-state index in [4.69, 9.17) is 4.84 Å². The molecule has 0 atom stereocenters. The van der Waals surface area contributed by atoms with Gasteiger partial charge in [0.1, 0.15) is 7.11 Å². The molecule has 0 saturated heterocycles. The van der Waals surface area contributed by atoms with Crippen LogP contribution in [0.25, 0.3) is 0 Å². The number of oxime groups is 1. The predicted molar refractivity (Wildman–Crippen MR) is 109 cm³/mol. The van der Waals surface area contributed by atoms with Crippen molar-refractivity contribution in [1.29, 1.82) is 0 Å². The van der Waals surface area contributed by atoms with E-state index in [-0.39, 0.29) is 0 Å². The van der Waals surface area contributed by atoms with Gasteiger partial charge in [0.25, 0.3) is 0 Å². The van der Waals surface area contributed by atoms with E-state index < -0.39 is 0 Å². The fraction of sp³-hybridized carbons (Fsp3) is 0.609. The van der Waals surface area contributed by atoms with Crippen LogP contribution in [-0.4, -0.2) is 12.8 Å². The summed E-state index contributed by atoms with van der Waals surface area (Å²) >= 11 is 0. The first-order valence-electron chi connectivity index (χ1n) is 10.0. The van der Waals surface area contributed by atoms with E-state index in [1.165, 1.54) is 70.6 Å². The van der Waals surface area contributed by atoms with Gasteiger partial charge in [-0.25, -0.2) is 0 Å². The highest BCUT2D eigenvalue weighted by molar-refractivity contribution is 6.12. The lowest BCUT2D eigenvalue weighted by molar-refractivity contribution is 0.214. The van der Waals surface area contributed by atoms with Gasteiger partial charge in [-0.05, 0) is 12.3 Å². The minimum absolute atomic E-state index is 0.714. The molecule has 0 aliphatic heterocycles. The van der Waals surface area contributed by atoms with Gasteiger partial charge >= 0.3 is 0 Å². The van der Waals surface area contributed by atoms with Crippen LogP contribution in [-0.2, 0) is 4.84 Å². The Morgan fingerprint density at radius 2 is 1.40 bits per heavy atom. The molecule has 25 heavy (non-hydrogen) atoms. The molecule has 1 aromatic rings. The molecule has 0 saturated carbocycles. The second-order valence-electron chi connectivity index (χ2n) is 6.58. The van der Waals surface area contributed by atoms with Crippen LogP contribution >= 0.6 is 0 Å². The van der Waals surface area contributed by atoms with Crippen molar-refractivity contribution in [2.75, 3.05) is 7.11 Å². The van der Waals surface area contributed by atoms with Crippen LogP contribution in [0, 0.1) is 11.8 Å². The molecule has 1 rings (SSSR count). The van der Waals surface area contributed by atoms with Crippen molar-refractivity contribution in [1.82, 2.24) is 0 Å². The second-order valence-corrected chi connectivity index (χ2v) is 6.58. The molecule has 0 heterocycles. The van der Waals surface area contributed by atoms with Gasteiger partial charge in [0.05, 0.1) is 0 Å². The van der Waals surface area contributed by atoms with Gasteiger partial charge < -0.3 is 4.84 Å². The lowest BCUT2D eigenvalue weighted by atomic mass is 10.1. The lowest BCUT2D eigenvalue weighted by Crippen LogP contribution is -1.97. The molecule has 0 aromatic heterocycles. The van der Waals surface area contributed by atoms with Crippen LogP contribution in [0.1, 0.15) is 89.5 Å². The molecule has 1 aromatic carbocycles. The summed E-state index contributed by atoms with van der Waals surface area (Å²) in [6.07, 6.45) is 16.0. The van der Waals surface area contributed by atoms with Crippen LogP contribution in [0.2, 0.25) is 0 Å². The predicted octanol–water partition coefficient (Wildman–Crippen LogP) is 6.74. The summed E-state index contributed by atoms with van der Waals surface area (Å²) in [6.45, 7) is 2.28. The Hall–Kier alpha value is -1.75. The minimum atomic E-state index is 0.714. The number of nitrogens with zero attached hydrogens (tertiary/aromatic N) is 1. The molecular formula is C23H35NO. The van der Waals surface area contributed by atoms with Crippen molar-refractivity contribution >= 4 is 5.71 Å². The maximum Gasteiger partial charge on any atom is 0.159 e. The lowest BCUT2D eigenvalue weighted by Gasteiger charge is -2.01. The van der Waals surface area contributed by atoms with Crippen LogP contribution in [0.15, 0.2) is 35.5 Å². The summed E-state index contributed by atoms with van der Waals surface area (Å²) in [5.41, 5.74) is 1.72. The molecule has 0 amide bonds. The van der Waals surface area contributed by atoms with Crippen molar-refractivity contribution in [3.8, 4) is 11.8 Å². The van der Waals surface area contributed by atoms with Gasteiger partial charge in [-0.1, -0.05) is 113 Å². The molecule has 0 aliphatic carbocycles. The molecule has 2 nitrogen and oxygen atoms in total. The first-order chi connectivity index (χ1) is 12.4. The van der Waals surface area contributed by atoms with Gasteiger partial charge in [-0.2, -0.15) is 0 Å². The summed E-state index contributed by atoms with van der Waals surface area (Å²) in [7, 11) is 1.56. The summed E-state index contributed by atoms with van der Waals surface area (Å²) in [6, 6.07) is 9.99. The topological polar surface area (TPSA) is 21.6 Å². The van der Waals surface area contributed by atoms with Crippen LogP contribution in [0.5, 0.6) is 0 Å². The maximum absolute atomic E-state index is 4.91. The van der Waals surface area contributed by atoms with E-state index in [0.717, 1.165) is 12.0 Å². The molecule has 138 valence electrons. The third-order valence-corrected chi connectivity index (χ3v) is 4.34. The Morgan fingerprint density at radius 1 is 0.840 bits per heavy atom. The van der Waals surface area contributed by atoms with Crippen molar-refractivity contribution in [3.05, 3.63) is 35.9 Å². The van der Waals surface area contributed by atoms with Gasteiger partial charge in [-0.3, -0.25) is 0 Å².